The molecule has 0 bridgehead atoms. The summed E-state index contributed by atoms with van der Waals surface area (Å²) >= 11 is 0. The third kappa shape index (κ3) is 6.38. The summed E-state index contributed by atoms with van der Waals surface area (Å²) in [6.45, 7) is 13.6. The van der Waals surface area contributed by atoms with Gasteiger partial charge in [-0.3, -0.25) is 4.79 Å². The molecule has 0 aliphatic carbocycles. The van der Waals surface area contributed by atoms with Crippen LogP contribution in [-0.4, -0.2) is 20.4 Å². The van der Waals surface area contributed by atoms with Crippen molar-refractivity contribution in [3.63, 3.8) is 0 Å². The Morgan fingerprint density at radius 3 is 1.97 bits per heavy atom. The highest BCUT2D eigenvalue weighted by Gasteiger charge is 2.29. The van der Waals surface area contributed by atoms with Crippen LogP contribution in [0.3, 0.4) is 0 Å². The molecule has 2 N–H and O–H groups in total. The van der Waals surface area contributed by atoms with E-state index in [4.69, 9.17) is 0 Å². The third-order valence-corrected chi connectivity index (χ3v) is 8.25. The van der Waals surface area contributed by atoms with E-state index in [1.165, 1.54) is 5.56 Å². The van der Waals surface area contributed by atoms with Crippen LogP contribution in [-0.2, 0) is 21.2 Å². The van der Waals surface area contributed by atoms with Gasteiger partial charge < -0.3 is 5.32 Å². The van der Waals surface area contributed by atoms with Crippen molar-refractivity contribution in [2.75, 3.05) is 0 Å². The lowest BCUT2D eigenvalue weighted by Crippen LogP contribution is -2.48. The van der Waals surface area contributed by atoms with Crippen LogP contribution >= 0.6 is 0 Å². The van der Waals surface area contributed by atoms with Gasteiger partial charge in [0.25, 0.3) is 0 Å². The number of aryl methyl sites for hydroxylation is 6. The summed E-state index contributed by atoms with van der Waals surface area (Å²) in [7, 11) is -3.93. The van der Waals surface area contributed by atoms with Crippen LogP contribution < -0.4 is 10.0 Å². The number of amides is 1. The van der Waals surface area contributed by atoms with Gasteiger partial charge in [0.2, 0.25) is 15.9 Å². The number of hydrogen-bond donors (Lipinski definition) is 2. The van der Waals surface area contributed by atoms with Crippen molar-refractivity contribution in [2.45, 2.75) is 71.9 Å². The second-order valence-electron chi connectivity index (χ2n) is 9.61. The maximum absolute atomic E-state index is 13.5. The van der Waals surface area contributed by atoms with Crippen molar-refractivity contribution in [1.29, 1.82) is 0 Å². The summed E-state index contributed by atoms with van der Waals surface area (Å²) in [5.41, 5.74) is 7.65. The van der Waals surface area contributed by atoms with Crippen LogP contribution in [0.4, 0.5) is 0 Å². The molecule has 1 amide bonds. The van der Waals surface area contributed by atoms with Crippen molar-refractivity contribution in [3.05, 3.63) is 99.1 Å². The molecule has 0 saturated carbocycles. The smallest absolute Gasteiger partial charge is 0.241 e. The quantitative estimate of drug-likeness (QED) is 0.448. The first-order valence-corrected chi connectivity index (χ1v) is 13.4. The van der Waals surface area contributed by atoms with Gasteiger partial charge in [-0.15, -0.1) is 0 Å². The predicted octanol–water partition coefficient (Wildman–Crippen LogP) is 5.30. The normalized spacial score (nSPS) is 13.3. The zero-order valence-corrected chi connectivity index (χ0v) is 22.5. The Morgan fingerprint density at radius 1 is 0.800 bits per heavy atom. The molecule has 0 radical (unpaired) electrons. The van der Waals surface area contributed by atoms with Crippen molar-refractivity contribution < 1.29 is 13.2 Å². The SMILES string of the molecule is Cc1cc(C)c(S(=O)(=O)N[C@H](Cc2ccccc2)C(=O)N[C@@H](C)c2cc(C)c(C)cc2C)c(C)c1. The molecule has 2 atom stereocenters. The molecule has 0 saturated heterocycles. The van der Waals surface area contributed by atoms with E-state index in [0.717, 1.165) is 27.8 Å². The highest BCUT2D eigenvalue weighted by atomic mass is 32.2. The third-order valence-electron chi connectivity index (χ3n) is 6.48. The average molecular weight is 493 g/mol. The molecule has 35 heavy (non-hydrogen) atoms. The number of benzene rings is 3. The molecular formula is C29H36N2O3S. The Hall–Kier alpha value is -2.96. The first-order valence-electron chi connectivity index (χ1n) is 11.9. The first-order chi connectivity index (χ1) is 16.4. The van der Waals surface area contributed by atoms with Crippen LogP contribution in [0.2, 0.25) is 0 Å². The molecule has 0 aliphatic heterocycles. The zero-order valence-electron chi connectivity index (χ0n) is 21.7. The summed E-state index contributed by atoms with van der Waals surface area (Å²) in [5, 5.41) is 3.05. The van der Waals surface area contributed by atoms with E-state index < -0.39 is 16.1 Å². The van der Waals surface area contributed by atoms with Crippen LogP contribution in [0.25, 0.3) is 0 Å². The molecule has 0 aliphatic rings. The zero-order chi connectivity index (χ0) is 25.9. The largest absolute Gasteiger partial charge is 0.348 e. The number of carbonyl (C=O) groups is 1. The molecular weight excluding hydrogens is 456 g/mol. The van der Waals surface area contributed by atoms with Crippen molar-refractivity contribution in [2.24, 2.45) is 0 Å². The monoisotopic (exact) mass is 492 g/mol. The van der Waals surface area contributed by atoms with E-state index >= 15 is 0 Å². The van der Waals surface area contributed by atoms with Gasteiger partial charge in [-0.1, -0.05) is 60.2 Å². The first kappa shape index (κ1) is 26.6. The summed E-state index contributed by atoms with van der Waals surface area (Å²) in [4.78, 5) is 13.7. The second kappa shape index (κ2) is 10.8. The molecule has 3 aromatic rings. The summed E-state index contributed by atoms with van der Waals surface area (Å²) < 4.78 is 29.7. The van der Waals surface area contributed by atoms with Gasteiger partial charge in [-0.2, -0.15) is 4.72 Å². The number of carbonyl (C=O) groups excluding carboxylic acids is 1. The maximum atomic E-state index is 13.5. The van der Waals surface area contributed by atoms with Gasteiger partial charge >= 0.3 is 0 Å². The molecule has 0 aromatic heterocycles. The average Bonchev–Trinajstić information content (AvgIpc) is 2.75. The molecule has 0 unspecified atom stereocenters. The van der Waals surface area contributed by atoms with E-state index in [1.54, 1.807) is 13.8 Å². The van der Waals surface area contributed by atoms with Crippen LogP contribution in [0.1, 0.15) is 57.5 Å². The van der Waals surface area contributed by atoms with Crippen molar-refractivity contribution in [1.82, 2.24) is 10.0 Å². The lowest BCUT2D eigenvalue weighted by molar-refractivity contribution is -0.123. The number of sulfonamides is 1. The summed E-state index contributed by atoms with van der Waals surface area (Å²) in [6, 6.07) is 16.1. The Morgan fingerprint density at radius 2 is 1.37 bits per heavy atom. The minimum atomic E-state index is -3.93. The van der Waals surface area contributed by atoms with Gasteiger partial charge in [0.15, 0.2) is 0 Å². The van der Waals surface area contributed by atoms with Gasteiger partial charge in [-0.05, 0) is 93.8 Å². The Bertz CT molecular complexity index is 1310. The van der Waals surface area contributed by atoms with E-state index in [2.05, 4.69) is 29.1 Å². The fraction of sp³-hybridized carbons (Fsp3) is 0.345. The number of rotatable bonds is 8. The Balaban J connectivity index is 1.93. The van der Waals surface area contributed by atoms with Crippen molar-refractivity contribution in [3.8, 4) is 0 Å². The summed E-state index contributed by atoms with van der Waals surface area (Å²) in [5.74, 6) is -0.357. The fourth-order valence-electron chi connectivity index (χ4n) is 4.72. The van der Waals surface area contributed by atoms with Crippen LogP contribution in [0.5, 0.6) is 0 Å². The van der Waals surface area contributed by atoms with Gasteiger partial charge in [-0.25, -0.2) is 8.42 Å². The number of hydrogen-bond acceptors (Lipinski definition) is 3. The lowest BCUT2D eigenvalue weighted by atomic mass is 9.96. The number of nitrogens with one attached hydrogen (secondary N) is 2. The minimum Gasteiger partial charge on any atom is -0.348 e. The van der Waals surface area contributed by atoms with Crippen LogP contribution in [0.15, 0.2) is 59.5 Å². The standard InChI is InChI=1S/C29H36N2O3S/c1-18-13-22(5)28(23(6)14-18)35(33,34)31-27(17-25-11-9-8-10-12-25)29(32)30-24(7)26-16-20(3)19(2)15-21(26)4/h8-16,24,27,31H,17H2,1-7H3,(H,30,32)/t24-,27+/m0/s1. The summed E-state index contributed by atoms with van der Waals surface area (Å²) in [6.07, 6.45) is 0.245. The van der Waals surface area contributed by atoms with E-state index in [0.29, 0.717) is 11.1 Å². The molecule has 3 aromatic carbocycles. The highest BCUT2D eigenvalue weighted by molar-refractivity contribution is 7.89. The van der Waals surface area contributed by atoms with Gasteiger partial charge in [0.05, 0.1) is 10.9 Å². The predicted molar refractivity (Wildman–Crippen MR) is 142 cm³/mol. The second-order valence-corrected chi connectivity index (χ2v) is 11.3. The van der Waals surface area contributed by atoms with E-state index in [1.807, 2.05) is 70.2 Å². The molecule has 6 heteroatoms. The molecule has 0 spiro atoms. The molecule has 3 rings (SSSR count). The molecule has 5 nitrogen and oxygen atoms in total. The molecule has 0 fully saturated rings. The van der Waals surface area contributed by atoms with Crippen LogP contribution in [0, 0.1) is 41.5 Å². The Labute approximate surface area is 210 Å². The minimum absolute atomic E-state index is 0.229. The molecule has 0 heterocycles. The van der Waals surface area contributed by atoms with Gasteiger partial charge in [0, 0.05) is 0 Å². The van der Waals surface area contributed by atoms with Crippen molar-refractivity contribution >= 4 is 15.9 Å². The van der Waals surface area contributed by atoms with Gasteiger partial charge in [0.1, 0.15) is 6.04 Å². The van der Waals surface area contributed by atoms with E-state index in [9.17, 15) is 13.2 Å². The fourth-order valence-corrected chi connectivity index (χ4v) is 6.36. The highest BCUT2D eigenvalue weighted by Crippen LogP contribution is 2.24. The lowest BCUT2D eigenvalue weighted by Gasteiger charge is -2.24. The topological polar surface area (TPSA) is 75.3 Å². The maximum Gasteiger partial charge on any atom is 0.241 e. The Kier molecular flexibility index (Phi) is 8.18. The van der Waals surface area contributed by atoms with E-state index in [-0.39, 0.29) is 23.3 Å². The molecule has 186 valence electrons.